The fraction of sp³-hybridized carbons (Fsp3) is 0.875. The van der Waals surface area contributed by atoms with Crippen molar-refractivity contribution < 1.29 is 20.1 Å². The Bertz CT molecular complexity index is 157. The van der Waals surface area contributed by atoms with Crippen LogP contribution in [0.4, 0.5) is 0 Å². The lowest BCUT2D eigenvalue weighted by Gasteiger charge is -2.24. The van der Waals surface area contributed by atoms with Crippen molar-refractivity contribution in [2.24, 2.45) is 5.41 Å². The summed E-state index contributed by atoms with van der Waals surface area (Å²) in [5.41, 5.74) is -0.928. The molecule has 2 atom stereocenters. The van der Waals surface area contributed by atoms with Gasteiger partial charge in [0.2, 0.25) is 0 Å². The smallest absolute Gasteiger partial charge is 0.309 e. The molecule has 4 nitrogen and oxygen atoms in total. The molecule has 0 rings (SSSR count). The summed E-state index contributed by atoms with van der Waals surface area (Å²) in [6.07, 6.45) is -0.402. The Labute approximate surface area is 71.8 Å². The lowest BCUT2D eigenvalue weighted by Crippen LogP contribution is -2.32. The standard InChI is InChI=1S/C8H16O4/c1-3-8(2,7(11)12)4-6(10)5-9/h6,9-10H,3-5H2,1-2H3,(H,11,12). The largest absolute Gasteiger partial charge is 0.481 e. The summed E-state index contributed by atoms with van der Waals surface area (Å²) in [7, 11) is 0. The highest BCUT2D eigenvalue weighted by molar-refractivity contribution is 5.74. The second-order valence-electron chi connectivity index (χ2n) is 3.26. The fourth-order valence-corrected chi connectivity index (χ4v) is 0.967. The Hall–Kier alpha value is -0.610. The monoisotopic (exact) mass is 176 g/mol. The number of aliphatic carboxylic acids is 1. The molecule has 72 valence electrons. The number of aliphatic hydroxyl groups excluding tert-OH is 2. The van der Waals surface area contributed by atoms with Crippen LogP contribution in [0.3, 0.4) is 0 Å². The molecule has 0 aromatic carbocycles. The van der Waals surface area contributed by atoms with E-state index in [1.54, 1.807) is 13.8 Å². The van der Waals surface area contributed by atoms with Gasteiger partial charge in [-0.2, -0.15) is 0 Å². The molecule has 3 N–H and O–H groups in total. The SMILES string of the molecule is CCC(C)(CC(O)CO)C(=O)O. The van der Waals surface area contributed by atoms with Crippen LogP contribution < -0.4 is 0 Å². The van der Waals surface area contributed by atoms with Gasteiger partial charge in [0.1, 0.15) is 0 Å². The molecule has 0 aliphatic carbocycles. The first-order valence-electron chi connectivity index (χ1n) is 3.98. The molecule has 2 unspecified atom stereocenters. The van der Waals surface area contributed by atoms with E-state index in [4.69, 9.17) is 15.3 Å². The Morgan fingerprint density at radius 3 is 2.33 bits per heavy atom. The average Bonchev–Trinajstić information content (AvgIpc) is 2.03. The predicted molar refractivity (Wildman–Crippen MR) is 43.7 cm³/mol. The number of hydrogen-bond donors (Lipinski definition) is 3. The van der Waals surface area contributed by atoms with E-state index < -0.39 is 17.5 Å². The maximum atomic E-state index is 10.7. The highest BCUT2D eigenvalue weighted by Crippen LogP contribution is 2.27. The minimum absolute atomic E-state index is 0.0926. The van der Waals surface area contributed by atoms with E-state index in [0.717, 1.165) is 0 Å². The molecule has 12 heavy (non-hydrogen) atoms. The molecule has 0 radical (unpaired) electrons. The second-order valence-corrected chi connectivity index (χ2v) is 3.26. The zero-order valence-electron chi connectivity index (χ0n) is 7.45. The molecule has 0 aromatic heterocycles. The molecule has 0 spiro atoms. The Balaban J connectivity index is 4.23. The first kappa shape index (κ1) is 11.4. The molecule has 4 heteroatoms. The van der Waals surface area contributed by atoms with Gasteiger partial charge < -0.3 is 15.3 Å². The first-order chi connectivity index (χ1) is 5.46. The van der Waals surface area contributed by atoms with Crippen LogP contribution in [0.1, 0.15) is 26.7 Å². The van der Waals surface area contributed by atoms with Crippen molar-refractivity contribution in [2.75, 3.05) is 6.61 Å². The van der Waals surface area contributed by atoms with Crippen molar-refractivity contribution in [3.8, 4) is 0 Å². The van der Waals surface area contributed by atoms with Crippen molar-refractivity contribution in [3.63, 3.8) is 0 Å². The van der Waals surface area contributed by atoms with Crippen molar-refractivity contribution in [2.45, 2.75) is 32.8 Å². The van der Waals surface area contributed by atoms with Gasteiger partial charge in [0.25, 0.3) is 0 Å². The van der Waals surface area contributed by atoms with Gasteiger partial charge in [-0.15, -0.1) is 0 Å². The van der Waals surface area contributed by atoms with E-state index in [2.05, 4.69) is 0 Å². The molecular formula is C8H16O4. The van der Waals surface area contributed by atoms with Crippen LogP contribution in [0.5, 0.6) is 0 Å². The molecule has 0 aliphatic rings. The second kappa shape index (κ2) is 4.42. The minimum Gasteiger partial charge on any atom is -0.481 e. The van der Waals surface area contributed by atoms with E-state index >= 15 is 0 Å². The van der Waals surface area contributed by atoms with Crippen molar-refractivity contribution >= 4 is 5.97 Å². The van der Waals surface area contributed by atoms with Crippen LogP contribution in [0, 0.1) is 5.41 Å². The molecule has 0 amide bonds. The third kappa shape index (κ3) is 2.79. The molecule has 0 heterocycles. The highest BCUT2D eigenvalue weighted by atomic mass is 16.4. The predicted octanol–water partition coefficient (Wildman–Crippen LogP) is 0.231. The summed E-state index contributed by atoms with van der Waals surface area (Å²) in [6, 6.07) is 0. The van der Waals surface area contributed by atoms with Gasteiger partial charge in [-0.05, 0) is 19.8 Å². The van der Waals surface area contributed by atoms with Gasteiger partial charge in [0.05, 0.1) is 18.1 Å². The van der Waals surface area contributed by atoms with Gasteiger partial charge in [-0.3, -0.25) is 4.79 Å². The van der Waals surface area contributed by atoms with E-state index in [0.29, 0.717) is 6.42 Å². The van der Waals surface area contributed by atoms with Crippen LogP contribution in [0.2, 0.25) is 0 Å². The lowest BCUT2D eigenvalue weighted by molar-refractivity contribution is -0.150. The molecule has 0 fully saturated rings. The van der Waals surface area contributed by atoms with E-state index in [1.165, 1.54) is 0 Å². The van der Waals surface area contributed by atoms with Crippen LogP contribution in [-0.2, 0) is 4.79 Å². The van der Waals surface area contributed by atoms with Gasteiger partial charge in [-0.25, -0.2) is 0 Å². The molecule has 0 saturated carbocycles. The summed E-state index contributed by atoms with van der Waals surface area (Å²) in [5, 5.41) is 26.4. The van der Waals surface area contributed by atoms with Crippen LogP contribution in [0.15, 0.2) is 0 Å². The number of aliphatic hydroxyl groups is 2. The van der Waals surface area contributed by atoms with Gasteiger partial charge in [0.15, 0.2) is 0 Å². The number of hydrogen-bond acceptors (Lipinski definition) is 3. The van der Waals surface area contributed by atoms with Crippen LogP contribution >= 0.6 is 0 Å². The van der Waals surface area contributed by atoms with E-state index in [9.17, 15) is 4.79 Å². The minimum atomic E-state index is -0.939. The summed E-state index contributed by atoms with van der Waals surface area (Å²) in [5.74, 6) is -0.933. The third-order valence-electron chi connectivity index (χ3n) is 2.19. The van der Waals surface area contributed by atoms with E-state index in [1.807, 2.05) is 0 Å². The molecular weight excluding hydrogens is 160 g/mol. The van der Waals surface area contributed by atoms with Gasteiger partial charge in [-0.1, -0.05) is 6.92 Å². The Kier molecular flexibility index (Phi) is 4.20. The first-order valence-corrected chi connectivity index (χ1v) is 3.98. The number of rotatable bonds is 5. The average molecular weight is 176 g/mol. The maximum Gasteiger partial charge on any atom is 0.309 e. The van der Waals surface area contributed by atoms with Crippen LogP contribution in [-0.4, -0.2) is 34.0 Å². The molecule has 0 saturated heterocycles. The zero-order chi connectivity index (χ0) is 9.78. The van der Waals surface area contributed by atoms with Crippen molar-refractivity contribution in [3.05, 3.63) is 0 Å². The third-order valence-corrected chi connectivity index (χ3v) is 2.19. The summed E-state index contributed by atoms with van der Waals surface area (Å²) >= 11 is 0. The van der Waals surface area contributed by atoms with Gasteiger partial charge >= 0.3 is 5.97 Å². The molecule has 0 bridgehead atoms. The van der Waals surface area contributed by atoms with Crippen molar-refractivity contribution in [1.29, 1.82) is 0 Å². The molecule has 0 aliphatic heterocycles. The summed E-state index contributed by atoms with van der Waals surface area (Å²) in [6.45, 7) is 2.93. The van der Waals surface area contributed by atoms with Gasteiger partial charge in [0, 0.05) is 0 Å². The zero-order valence-corrected chi connectivity index (χ0v) is 7.45. The summed E-state index contributed by atoms with van der Waals surface area (Å²) in [4.78, 5) is 10.7. The topological polar surface area (TPSA) is 77.8 Å². The fourth-order valence-electron chi connectivity index (χ4n) is 0.967. The summed E-state index contributed by atoms with van der Waals surface area (Å²) < 4.78 is 0. The van der Waals surface area contributed by atoms with Crippen molar-refractivity contribution in [1.82, 2.24) is 0 Å². The van der Waals surface area contributed by atoms with Crippen LogP contribution in [0.25, 0.3) is 0 Å². The highest BCUT2D eigenvalue weighted by Gasteiger charge is 2.33. The number of carbonyl (C=O) groups is 1. The quantitative estimate of drug-likeness (QED) is 0.560. The maximum absolute atomic E-state index is 10.7. The molecule has 0 aromatic rings. The Morgan fingerprint density at radius 2 is 2.08 bits per heavy atom. The lowest BCUT2D eigenvalue weighted by atomic mass is 9.82. The number of carboxylic acid groups (broad SMARTS) is 1. The number of carboxylic acids is 1. The van der Waals surface area contributed by atoms with E-state index in [-0.39, 0.29) is 13.0 Å². The normalized spacial score (nSPS) is 18.3. The Morgan fingerprint density at radius 1 is 1.58 bits per heavy atom.